The van der Waals surface area contributed by atoms with E-state index in [4.69, 9.17) is 23.7 Å². The number of rotatable bonds is 7. The first-order chi connectivity index (χ1) is 20.4. The fraction of sp³-hybridized carbons (Fsp3) is 0.515. The Morgan fingerprint density at radius 3 is 1.86 bits per heavy atom. The van der Waals surface area contributed by atoms with Gasteiger partial charge >= 0.3 is 23.9 Å². The first-order valence-electron chi connectivity index (χ1n) is 14.5. The zero-order valence-electron chi connectivity index (χ0n) is 25.0. The van der Waals surface area contributed by atoms with Crippen LogP contribution in [0.4, 0.5) is 0 Å². The first-order valence-corrected chi connectivity index (χ1v) is 14.5. The molecular formula is C33H38O10. The summed E-state index contributed by atoms with van der Waals surface area (Å²) in [5, 5.41) is 11.5. The molecule has 1 aliphatic heterocycles. The number of hydrogen-bond acceptors (Lipinski definition) is 10. The molecule has 2 aromatic carbocycles. The lowest BCUT2D eigenvalue weighted by atomic mass is 9.48. The van der Waals surface area contributed by atoms with Gasteiger partial charge in [0, 0.05) is 19.8 Å². The van der Waals surface area contributed by atoms with Gasteiger partial charge in [0.2, 0.25) is 0 Å². The highest BCUT2D eigenvalue weighted by molar-refractivity contribution is 5.90. The Hall–Kier alpha value is -3.76. The van der Waals surface area contributed by atoms with Crippen LogP contribution < -0.4 is 0 Å². The van der Waals surface area contributed by atoms with Gasteiger partial charge in [0.05, 0.1) is 28.9 Å². The molecule has 3 aliphatic rings. The molecule has 1 spiro atoms. The number of hydrogen-bond donors (Lipinski definition) is 1. The molecule has 2 bridgehead atoms. The number of ether oxygens (including phenoxy) is 5. The summed E-state index contributed by atoms with van der Waals surface area (Å²) in [6, 6.07) is 16.7. The van der Waals surface area contributed by atoms with Crippen molar-refractivity contribution in [1.82, 2.24) is 0 Å². The van der Waals surface area contributed by atoms with Crippen molar-refractivity contribution in [2.45, 2.75) is 83.1 Å². The van der Waals surface area contributed by atoms with E-state index < -0.39 is 77.4 Å². The Kier molecular flexibility index (Phi) is 8.13. The number of benzene rings is 2. The molecule has 230 valence electrons. The predicted octanol–water partition coefficient (Wildman–Crippen LogP) is 3.89. The highest BCUT2D eigenvalue weighted by atomic mass is 16.6. The maximum absolute atomic E-state index is 13.6. The average Bonchev–Trinajstić information content (AvgIpc) is 3.23. The van der Waals surface area contributed by atoms with Crippen LogP contribution in [0.5, 0.6) is 0 Å². The highest BCUT2D eigenvalue weighted by Crippen LogP contribution is 2.67. The SMILES string of the molecule is CC(=O)O[C@H]1[C@@H]2C[C@]3(OC2(C)C)[C@H](C)C[C@H](OC(=O)c2ccccc2)[C@H](OC(C)=O)[C@@]3(CO)[C@H]1OC(=O)c1ccccc1. The third kappa shape index (κ3) is 5.10. The number of esters is 4. The van der Waals surface area contributed by atoms with Gasteiger partial charge in [-0.15, -0.1) is 0 Å². The van der Waals surface area contributed by atoms with Crippen molar-refractivity contribution < 1.29 is 48.0 Å². The lowest BCUT2D eigenvalue weighted by molar-refractivity contribution is -0.305. The van der Waals surface area contributed by atoms with Gasteiger partial charge in [-0.05, 0) is 56.9 Å². The van der Waals surface area contributed by atoms with Gasteiger partial charge < -0.3 is 28.8 Å². The monoisotopic (exact) mass is 594 g/mol. The van der Waals surface area contributed by atoms with Crippen molar-refractivity contribution in [1.29, 1.82) is 0 Å². The molecule has 0 unspecified atom stereocenters. The first kappa shape index (κ1) is 30.7. The lowest BCUT2D eigenvalue weighted by Crippen LogP contribution is -2.76. The van der Waals surface area contributed by atoms with Crippen LogP contribution in [0.15, 0.2) is 60.7 Å². The average molecular weight is 595 g/mol. The van der Waals surface area contributed by atoms with Crippen LogP contribution >= 0.6 is 0 Å². The minimum Gasteiger partial charge on any atom is -0.458 e. The van der Waals surface area contributed by atoms with E-state index >= 15 is 0 Å². The second-order valence-electron chi connectivity index (χ2n) is 12.3. The molecule has 8 atom stereocenters. The maximum atomic E-state index is 13.6. The number of carbonyl (C=O) groups is 4. The molecule has 3 fully saturated rings. The van der Waals surface area contributed by atoms with E-state index in [9.17, 15) is 24.3 Å². The largest absolute Gasteiger partial charge is 0.458 e. The fourth-order valence-electron chi connectivity index (χ4n) is 7.69. The van der Waals surface area contributed by atoms with E-state index in [0.717, 1.165) is 0 Å². The molecule has 1 saturated heterocycles. The molecule has 10 nitrogen and oxygen atoms in total. The second-order valence-corrected chi connectivity index (χ2v) is 12.3. The van der Waals surface area contributed by atoms with Crippen LogP contribution in [-0.4, -0.2) is 71.2 Å². The molecule has 1 N–H and O–H groups in total. The summed E-state index contributed by atoms with van der Waals surface area (Å²) in [6.45, 7) is 7.42. The van der Waals surface area contributed by atoms with Gasteiger partial charge in [-0.1, -0.05) is 43.3 Å². The van der Waals surface area contributed by atoms with Gasteiger partial charge in [0.25, 0.3) is 0 Å². The van der Waals surface area contributed by atoms with Crippen molar-refractivity contribution in [3.05, 3.63) is 71.8 Å². The van der Waals surface area contributed by atoms with Crippen LogP contribution in [0, 0.1) is 17.3 Å². The van der Waals surface area contributed by atoms with Crippen LogP contribution in [0.2, 0.25) is 0 Å². The van der Waals surface area contributed by atoms with Gasteiger partial charge in [-0.2, -0.15) is 0 Å². The van der Waals surface area contributed by atoms with Crippen molar-refractivity contribution in [2.75, 3.05) is 6.61 Å². The zero-order chi connectivity index (χ0) is 31.2. The van der Waals surface area contributed by atoms with E-state index in [1.165, 1.54) is 13.8 Å². The lowest BCUT2D eigenvalue weighted by Gasteiger charge is -2.62. The summed E-state index contributed by atoms with van der Waals surface area (Å²) in [5.74, 6) is -3.49. The van der Waals surface area contributed by atoms with Gasteiger partial charge in [0.15, 0.2) is 12.2 Å². The van der Waals surface area contributed by atoms with E-state index in [-0.39, 0.29) is 17.9 Å². The van der Waals surface area contributed by atoms with Crippen molar-refractivity contribution in [3.63, 3.8) is 0 Å². The number of aliphatic hydroxyl groups is 1. The molecule has 0 aromatic heterocycles. The van der Waals surface area contributed by atoms with Gasteiger partial charge in [-0.3, -0.25) is 9.59 Å². The third-order valence-electron chi connectivity index (χ3n) is 9.45. The molecule has 0 radical (unpaired) electrons. The summed E-state index contributed by atoms with van der Waals surface area (Å²) in [7, 11) is 0. The van der Waals surface area contributed by atoms with E-state index in [1.54, 1.807) is 60.7 Å². The molecule has 10 heteroatoms. The fourth-order valence-corrected chi connectivity index (χ4v) is 7.69. The summed E-state index contributed by atoms with van der Waals surface area (Å²) < 4.78 is 31.0. The normalized spacial score (nSPS) is 33.9. The molecule has 5 rings (SSSR count). The van der Waals surface area contributed by atoms with Crippen molar-refractivity contribution >= 4 is 23.9 Å². The van der Waals surface area contributed by atoms with Crippen molar-refractivity contribution in [2.24, 2.45) is 17.3 Å². The number of carbonyl (C=O) groups excluding carboxylic acids is 4. The Balaban J connectivity index is 1.69. The minimum atomic E-state index is -1.69. The number of fused-ring (bicyclic) bond motifs is 1. The zero-order valence-corrected chi connectivity index (χ0v) is 25.0. The topological polar surface area (TPSA) is 135 Å². The van der Waals surface area contributed by atoms with E-state index in [0.29, 0.717) is 12.0 Å². The minimum absolute atomic E-state index is 0.235. The maximum Gasteiger partial charge on any atom is 0.338 e. The molecule has 2 aromatic rings. The highest BCUT2D eigenvalue weighted by Gasteiger charge is 2.80. The molecule has 43 heavy (non-hydrogen) atoms. The van der Waals surface area contributed by atoms with Crippen LogP contribution in [0.1, 0.15) is 68.2 Å². The molecule has 1 heterocycles. The van der Waals surface area contributed by atoms with E-state index in [1.807, 2.05) is 20.8 Å². The van der Waals surface area contributed by atoms with E-state index in [2.05, 4.69) is 0 Å². The Morgan fingerprint density at radius 2 is 1.35 bits per heavy atom. The summed E-state index contributed by atoms with van der Waals surface area (Å²) in [5.41, 5.74) is -3.25. The van der Waals surface area contributed by atoms with Crippen LogP contribution in [0.3, 0.4) is 0 Å². The number of aliphatic hydroxyl groups excluding tert-OH is 1. The Labute approximate surface area is 250 Å². The molecule has 2 aliphatic carbocycles. The predicted molar refractivity (Wildman–Crippen MR) is 152 cm³/mol. The molecule has 2 saturated carbocycles. The Bertz CT molecular complexity index is 1370. The summed E-state index contributed by atoms with van der Waals surface area (Å²) in [4.78, 5) is 52.2. The molecular weight excluding hydrogens is 556 g/mol. The second kappa shape index (κ2) is 11.4. The van der Waals surface area contributed by atoms with Crippen LogP contribution in [0.25, 0.3) is 0 Å². The molecule has 0 amide bonds. The smallest absolute Gasteiger partial charge is 0.338 e. The third-order valence-corrected chi connectivity index (χ3v) is 9.45. The van der Waals surface area contributed by atoms with Gasteiger partial charge in [-0.25, -0.2) is 9.59 Å². The quantitative estimate of drug-likeness (QED) is 0.372. The summed E-state index contributed by atoms with van der Waals surface area (Å²) in [6.07, 6.45) is -4.23. The summed E-state index contributed by atoms with van der Waals surface area (Å²) >= 11 is 0. The van der Waals surface area contributed by atoms with Crippen molar-refractivity contribution in [3.8, 4) is 0 Å². The van der Waals surface area contributed by atoms with Gasteiger partial charge in [0.1, 0.15) is 17.6 Å². The standard InChI is InChI=1S/C33H38O10/c1-19-16-25(41-29(37)22-12-8-6-9-13-22)27(40-21(3)36)32(18-34)28(42-30(38)23-14-10-7-11-15-23)26(39-20(2)35)24-17-33(19,32)43-31(24,4)5/h6-15,19,24-28,34H,16-18H2,1-5H3/t19-,24+,25+,26+,27+,28+,32+,33+/m1/s1. The van der Waals surface area contributed by atoms with Crippen LogP contribution in [-0.2, 0) is 33.3 Å². The Morgan fingerprint density at radius 1 is 0.814 bits per heavy atom.